The fourth-order valence-corrected chi connectivity index (χ4v) is 4.53. The third-order valence-electron chi connectivity index (χ3n) is 5.90. The molecule has 2 heterocycles. The van der Waals surface area contributed by atoms with Gasteiger partial charge in [0.05, 0.1) is 6.10 Å². The highest BCUT2D eigenvalue weighted by Gasteiger charge is 2.38. The molecule has 3 aliphatic rings. The zero-order chi connectivity index (χ0) is 13.2. The highest BCUT2D eigenvalue weighted by Crippen LogP contribution is 2.37. The Morgan fingerprint density at radius 1 is 1.00 bits per heavy atom. The Balaban J connectivity index is 1.39. The fourth-order valence-electron chi connectivity index (χ4n) is 4.53. The first kappa shape index (κ1) is 13.8. The molecule has 1 N–H and O–H groups in total. The Kier molecular flexibility index (Phi) is 4.45. The minimum atomic E-state index is 0.525. The van der Waals surface area contributed by atoms with Gasteiger partial charge in [-0.3, -0.25) is 0 Å². The Morgan fingerprint density at radius 2 is 1.63 bits per heavy atom. The Hall–Kier alpha value is -0.120. The number of hydrogen-bond acceptors (Lipinski definition) is 3. The van der Waals surface area contributed by atoms with E-state index < -0.39 is 0 Å². The van der Waals surface area contributed by atoms with Crippen molar-refractivity contribution in [2.24, 2.45) is 5.92 Å². The van der Waals surface area contributed by atoms with Crippen LogP contribution in [0.25, 0.3) is 0 Å². The number of piperidine rings is 1. The molecule has 0 spiro atoms. The monoisotopic (exact) mass is 266 g/mol. The summed E-state index contributed by atoms with van der Waals surface area (Å²) in [6, 6.07) is 2.52. The van der Waals surface area contributed by atoms with Crippen LogP contribution in [-0.4, -0.2) is 49.8 Å². The number of nitrogens with zero attached hydrogens (tertiary/aromatic N) is 1. The predicted octanol–water partition coefficient (Wildman–Crippen LogP) is 2.41. The van der Waals surface area contributed by atoms with Gasteiger partial charge < -0.3 is 15.0 Å². The summed E-state index contributed by atoms with van der Waals surface area (Å²) in [5, 5.41) is 3.85. The van der Waals surface area contributed by atoms with E-state index in [9.17, 15) is 0 Å². The molecule has 19 heavy (non-hydrogen) atoms. The topological polar surface area (TPSA) is 24.5 Å². The third-order valence-corrected chi connectivity index (χ3v) is 5.90. The second-order valence-corrected chi connectivity index (χ2v) is 7.01. The molecule has 0 radical (unpaired) electrons. The molecule has 2 bridgehead atoms. The van der Waals surface area contributed by atoms with Gasteiger partial charge >= 0.3 is 0 Å². The van der Waals surface area contributed by atoms with E-state index in [2.05, 4.69) is 17.3 Å². The summed E-state index contributed by atoms with van der Waals surface area (Å²) in [5.41, 5.74) is 0. The maximum Gasteiger partial charge on any atom is 0.0572 e. The first-order chi connectivity index (χ1) is 9.26. The van der Waals surface area contributed by atoms with Crippen molar-refractivity contribution in [3.8, 4) is 0 Å². The zero-order valence-electron chi connectivity index (χ0n) is 12.6. The van der Waals surface area contributed by atoms with Gasteiger partial charge in [-0.2, -0.15) is 0 Å². The largest absolute Gasteiger partial charge is 0.381 e. The van der Waals surface area contributed by atoms with E-state index in [-0.39, 0.29) is 0 Å². The van der Waals surface area contributed by atoms with Crippen LogP contribution in [0.3, 0.4) is 0 Å². The second kappa shape index (κ2) is 6.11. The molecular formula is C16H30N2O. The molecule has 1 aliphatic carbocycles. The lowest BCUT2D eigenvalue weighted by Crippen LogP contribution is -2.44. The number of ether oxygens (including phenoxy) is 1. The standard InChI is InChI=1S/C16H30N2O/c1-18-14-5-6-15(18)10-12(9-14)11-17-13-3-7-16(19-2)8-4-13/h12-17H,3-11H2,1-2H3. The van der Waals surface area contributed by atoms with Gasteiger partial charge in [0.2, 0.25) is 0 Å². The fraction of sp³-hybridized carbons (Fsp3) is 1.00. The van der Waals surface area contributed by atoms with Gasteiger partial charge in [-0.05, 0) is 70.9 Å². The lowest BCUT2D eigenvalue weighted by atomic mass is 9.89. The van der Waals surface area contributed by atoms with Crippen LogP contribution in [-0.2, 0) is 4.74 Å². The molecule has 2 saturated heterocycles. The summed E-state index contributed by atoms with van der Waals surface area (Å²) in [6.45, 7) is 1.25. The normalized spacial score (nSPS) is 43.6. The average Bonchev–Trinajstić information content (AvgIpc) is 2.68. The molecule has 110 valence electrons. The lowest BCUT2D eigenvalue weighted by molar-refractivity contribution is 0.0607. The summed E-state index contributed by atoms with van der Waals surface area (Å²) in [6.07, 6.45) is 11.3. The summed E-state index contributed by atoms with van der Waals surface area (Å²) >= 11 is 0. The van der Waals surface area contributed by atoms with Gasteiger partial charge in [0.25, 0.3) is 0 Å². The molecule has 3 heteroatoms. The summed E-state index contributed by atoms with van der Waals surface area (Å²) in [4.78, 5) is 2.64. The molecule has 0 amide bonds. The van der Waals surface area contributed by atoms with Crippen LogP contribution in [0.4, 0.5) is 0 Å². The maximum atomic E-state index is 5.45. The number of rotatable bonds is 4. The van der Waals surface area contributed by atoms with Crippen molar-refractivity contribution < 1.29 is 4.74 Å². The van der Waals surface area contributed by atoms with Crippen molar-refractivity contribution in [1.29, 1.82) is 0 Å². The van der Waals surface area contributed by atoms with Crippen molar-refractivity contribution in [3.63, 3.8) is 0 Å². The summed E-state index contributed by atoms with van der Waals surface area (Å²) in [7, 11) is 4.19. The van der Waals surface area contributed by atoms with Gasteiger partial charge in [0.1, 0.15) is 0 Å². The van der Waals surface area contributed by atoms with Crippen LogP contribution < -0.4 is 5.32 Å². The second-order valence-electron chi connectivity index (χ2n) is 7.01. The first-order valence-corrected chi connectivity index (χ1v) is 8.24. The Morgan fingerprint density at radius 3 is 2.21 bits per heavy atom. The average molecular weight is 266 g/mol. The highest BCUT2D eigenvalue weighted by molar-refractivity contribution is 4.94. The molecular weight excluding hydrogens is 236 g/mol. The van der Waals surface area contributed by atoms with Crippen LogP contribution in [0.2, 0.25) is 0 Å². The molecule has 3 fully saturated rings. The van der Waals surface area contributed by atoms with Gasteiger partial charge in [-0.15, -0.1) is 0 Å². The van der Waals surface area contributed by atoms with Crippen molar-refractivity contribution in [3.05, 3.63) is 0 Å². The van der Waals surface area contributed by atoms with E-state index in [1.54, 1.807) is 0 Å². The molecule has 3 nitrogen and oxygen atoms in total. The SMILES string of the molecule is COC1CCC(NCC2CC3CCC(C2)N3C)CC1. The van der Waals surface area contributed by atoms with Crippen LogP contribution in [0.15, 0.2) is 0 Å². The lowest BCUT2D eigenvalue weighted by Gasteiger charge is -2.37. The number of nitrogens with one attached hydrogen (secondary N) is 1. The van der Waals surface area contributed by atoms with Crippen LogP contribution in [0.5, 0.6) is 0 Å². The van der Waals surface area contributed by atoms with Gasteiger partial charge in [-0.1, -0.05) is 0 Å². The van der Waals surface area contributed by atoms with Crippen LogP contribution in [0.1, 0.15) is 51.4 Å². The number of hydrogen-bond donors (Lipinski definition) is 1. The molecule has 2 aliphatic heterocycles. The molecule has 2 unspecified atom stereocenters. The van der Waals surface area contributed by atoms with Crippen LogP contribution >= 0.6 is 0 Å². The van der Waals surface area contributed by atoms with Crippen LogP contribution in [0, 0.1) is 5.92 Å². The predicted molar refractivity (Wildman–Crippen MR) is 78.4 cm³/mol. The van der Waals surface area contributed by atoms with Gasteiger partial charge in [-0.25, -0.2) is 0 Å². The molecule has 2 atom stereocenters. The van der Waals surface area contributed by atoms with E-state index in [0.717, 1.165) is 24.0 Å². The third kappa shape index (κ3) is 3.14. The molecule has 3 rings (SSSR count). The molecule has 1 saturated carbocycles. The molecule has 0 aromatic rings. The first-order valence-electron chi connectivity index (χ1n) is 8.24. The van der Waals surface area contributed by atoms with Crippen molar-refractivity contribution >= 4 is 0 Å². The van der Waals surface area contributed by atoms with Gasteiger partial charge in [0, 0.05) is 25.2 Å². The quantitative estimate of drug-likeness (QED) is 0.845. The minimum absolute atomic E-state index is 0.525. The summed E-state index contributed by atoms with van der Waals surface area (Å²) in [5.74, 6) is 0.925. The van der Waals surface area contributed by atoms with E-state index in [1.807, 2.05) is 7.11 Å². The number of methoxy groups -OCH3 is 1. The number of fused-ring (bicyclic) bond motifs is 2. The maximum absolute atomic E-state index is 5.45. The summed E-state index contributed by atoms with van der Waals surface area (Å²) < 4.78 is 5.45. The Labute approximate surface area is 118 Å². The van der Waals surface area contributed by atoms with Crippen molar-refractivity contribution in [2.75, 3.05) is 20.7 Å². The molecule has 0 aromatic carbocycles. The molecule has 0 aromatic heterocycles. The van der Waals surface area contributed by atoms with Gasteiger partial charge in [0.15, 0.2) is 0 Å². The van der Waals surface area contributed by atoms with E-state index >= 15 is 0 Å². The highest BCUT2D eigenvalue weighted by atomic mass is 16.5. The van der Waals surface area contributed by atoms with E-state index in [0.29, 0.717) is 6.10 Å². The Bertz CT molecular complexity index is 274. The van der Waals surface area contributed by atoms with E-state index in [4.69, 9.17) is 4.74 Å². The van der Waals surface area contributed by atoms with Crippen molar-refractivity contribution in [2.45, 2.75) is 75.6 Å². The smallest absolute Gasteiger partial charge is 0.0572 e. The van der Waals surface area contributed by atoms with Crippen molar-refractivity contribution in [1.82, 2.24) is 10.2 Å². The minimum Gasteiger partial charge on any atom is -0.381 e. The zero-order valence-corrected chi connectivity index (χ0v) is 12.6. The van der Waals surface area contributed by atoms with E-state index in [1.165, 1.54) is 57.9 Å².